The van der Waals surface area contributed by atoms with Gasteiger partial charge < -0.3 is 33.9 Å². The highest BCUT2D eigenvalue weighted by Crippen LogP contribution is 2.57. The summed E-state index contributed by atoms with van der Waals surface area (Å²) in [6.07, 6.45) is 2.84. The standard InChI is InChI=1S/C31H34O8/c1-17-14-20-15-23(36-4)30(37-5)28(34)25(20)26-21(16-22(35-3)27(33)31(26)38-6)29(18(17)2)39-24(32)13-12-19-10-8-7-9-11-19/h7-13,15-18,29,33-34H,14H2,1-6H3/t17-,18-,29+/m1/s1. The van der Waals surface area contributed by atoms with Gasteiger partial charge in [0, 0.05) is 28.7 Å². The molecule has 8 heteroatoms. The summed E-state index contributed by atoms with van der Waals surface area (Å²) in [6.45, 7) is 4.06. The molecule has 0 spiro atoms. The zero-order valence-corrected chi connectivity index (χ0v) is 23.0. The summed E-state index contributed by atoms with van der Waals surface area (Å²) >= 11 is 0. The number of fused-ring (bicyclic) bond motifs is 3. The van der Waals surface area contributed by atoms with Gasteiger partial charge in [-0.05, 0) is 41.7 Å². The molecule has 0 aliphatic heterocycles. The van der Waals surface area contributed by atoms with E-state index in [1.54, 1.807) is 12.1 Å². The second kappa shape index (κ2) is 11.6. The van der Waals surface area contributed by atoms with Crippen LogP contribution in [-0.2, 0) is 16.0 Å². The van der Waals surface area contributed by atoms with Gasteiger partial charge in [-0.15, -0.1) is 0 Å². The first kappa shape index (κ1) is 27.7. The maximum Gasteiger partial charge on any atom is 0.331 e. The molecule has 0 radical (unpaired) electrons. The van der Waals surface area contributed by atoms with Crippen LogP contribution in [0.25, 0.3) is 17.2 Å². The minimum atomic E-state index is -0.757. The van der Waals surface area contributed by atoms with Crippen molar-refractivity contribution in [3.63, 3.8) is 0 Å². The van der Waals surface area contributed by atoms with Gasteiger partial charge in [0.15, 0.2) is 23.0 Å². The molecule has 3 atom stereocenters. The summed E-state index contributed by atoms with van der Waals surface area (Å²) in [4.78, 5) is 13.1. The molecule has 2 N–H and O–H groups in total. The highest BCUT2D eigenvalue weighted by molar-refractivity contribution is 5.90. The number of rotatable bonds is 7. The molecular weight excluding hydrogens is 500 g/mol. The Balaban J connectivity index is 1.96. The number of phenolic OH excluding ortho intramolecular Hbond substituents is 2. The van der Waals surface area contributed by atoms with Crippen LogP contribution in [0.3, 0.4) is 0 Å². The normalized spacial score (nSPS) is 18.4. The van der Waals surface area contributed by atoms with Gasteiger partial charge >= 0.3 is 5.97 Å². The van der Waals surface area contributed by atoms with E-state index in [0.717, 1.165) is 11.1 Å². The monoisotopic (exact) mass is 534 g/mol. The zero-order chi connectivity index (χ0) is 28.3. The predicted octanol–water partition coefficient (Wildman–Crippen LogP) is 5.93. The van der Waals surface area contributed by atoms with E-state index in [2.05, 4.69) is 6.92 Å². The van der Waals surface area contributed by atoms with Gasteiger partial charge in [0.1, 0.15) is 6.10 Å². The van der Waals surface area contributed by atoms with Gasteiger partial charge in [0.25, 0.3) is 0 Å². The van der Waals surface area contributed by atoms with E-state index >= 15 is 0 Å². The van der Waals surface area contributed by atoms with Crippen molar-refractivity contribution in [2.24, 2.45) is 11.8 Å². The van der Waals surface area contributed by atoms with Crippen molar-refractivity contribution >= 4 is 12.0 Å². The number of carbonyl (C=O) groups is 1. The summed E-state index contributed by atoms with van der Waals surface area (Å²) in [5.74, 6) is -0.361. The number of hydrogen-bond acceptors (Lipinski definition) is 8. The average Bonchev–Trinajstić information content (AvgIpc) is 2.94. The number of esters is 1. The Bertz CT molecular complexity index is 1380. The van der Waals surface area contributed by atoms with Crippen molar-refractivity contribution in [1.29, 1.82) is 0 Å². The molecule has 0 fully saturated rings. The largest absolute Gasteiger partial charge is 0.504 e. The fourth-order valence-corrected chi connectivity index (χ4v) is 5.12. The van der Waals surface area contributed by atoms with Gasteiger partial charge in [-0.3, -0.25) is 0 Å². The molecule has 39 heavy (non-hydrogen) atoms. The van der Waals surface area contributed by atoms with Gasteiger partial charge in [0.05, 0.1) is 28.4 Å². The Hall–Kier alpha value is -4.33. The average molecular weight is 535 g/mol. The Morgan fingerprint density at radius 1 is 0.846 bits per heavy atom. The number of aromatic hydroxyl groups is 2. The molecular formula is C31H34O8. The van der Waals surface area contributed by atoms with E-state index in [-0.39, 0.29) is 40.6 Å². The maximum absolute atomic E-state index is 13.1. The lowest BCUT2D eigenvalue weighted by Crippen LogP contribution is -2.26. The molecule has 3 aromatic rings. The first-order valence-electron chi connectivity index (χ1n) is 12.6. The molecule has 0 bridgehead atoms. The number of phenols is 2. The summed E-state index contributed by atoms with van der Waals surface area (Å²) in [7, 11) is 5.78. The first-order valence-corrected chi connectivity index (χ1v) is 12.6. The lowest BCUT2D eigenvalue weighted by molar-refractivity contribution is -0.146. The van der Waals surface area contributed by atoms with Crippen LogP contribution in [0.4, 0.5) is 0 Å². The second-order valence-corrected chi connectivity index (χ2v) is 9.56. The van der Waals surface area contributed by atoms with Crippen LogP contribution in [0, 0.1) is 11.8 Å². The van der Waals surface area contributed by atoms with Crippen LogP contribution >= 0.6 is 0 Å². The molecule has 3 aromatic carbocycles. The van der Waals surface area contributed by atoms with Gasteiger partial charge in [-0.25, -0.2) is 4.79 Å². The predicted molar refractivity (Wildman–Crippen MR) is 148 cm³/mol. The molecule has 1 aliphatic rings. The third-order valence-corrected chi connectivity index (χ3v) is 7.33. The minimum absolute atomic E-state index is 0.0103. The van der Waals surface area contributed by atoms with Crippen molar-refractivity contribution in [1.82, 2.24) is 0 Å². The molecule has 1 aliphatic carbocycles. The van der Waals surface area contributed by atoms with E-state index in [9.17, 15) is 15.0 Å². The van der Waals surface area contributed by atoms with Crippen molar-refractivity contribution in [3.05, 3.63) is 65.2 Å². The Kier molecular flexibility index (Phi) is 8.24. The summed E-state index contributed by atoms with van der Waals surface area (Å²) in [5.41, 5.74) is 2.93. The topological polar surface area (TPSA) is 104 Å². The van der Waals surface area contributed by atoms with Crippen molar-refractivity contribution < 1.29 is 38.7 Å². The lowest BCUT2D eigenvalue weighted by Gasteiger charge is -2.35. The van der Waals surface area contributed by atoms with Crippen LogP contribution in [0.2, 0.25) is 0 Å². The zero-order valence-electron chi connectivity index (χ0n) is 23.0. The summed E-state index contributed by atoms with van der Waals surface area (Å²) in [6, 6.07) is 12.9. The number of hydrogen-bond donors (Lipinski definition) is 2. The van der Waals surface area contributed by atoms with Crippen LogP contribution < -0.4 is 18.9 Å². The van der Waals surface area contributed by atoms with E-state index < -0.39 is 12.1 Å². The molecule has 0 heterocycles. The van der Waals surface area contributed by atoms with Crippen LogP contribution in [0.5, 0.6) is 34.5 Å². The van der Waals surface area contributed by atoms with Crippen LogP contribution in [0.15, 0.2) is 48.5 Å². The Labute approximate surface area is 228 Å². The van der Waals surface area contributed by atoms with Gasteiger partial charge in [-0.1, -0.05) is 44.2 Å². The van der Waals surface area contributed by atoms with E-state index in [4.69, 9.17) is 23.7 Å². The number of benzene rings is 3. The maximum atomic E-state index is 13.1. The molecule has 0 aromatic heterocycles. The fraction of sp³-hybridized carbons (Fsp3) is 0.323. The molecule has 0 saturated heterocycles. The third-order valence-electron chi connectivity index (χ3n) is 7.33. The number of methoxy groups -OCH3 is 4. The van der Waals surface area contributed by atoms with Crippen LogP contribution in [0.1, 0.15) is 36.6 Å². The Morgan fingerprint density at radius 2 is 1.51 bits per heavy atom. The smallest absolute Gasteiger partial charge is 0.331 e. The van der Waals surface area contributed by atoms with Crippen molar-refractivity contribution in [3.8, 4) is 45.6 Å². The van der Waals surface area contributed by atoms with Crippen molar-refractivity contribution in [2.45, 2.75) is 26.4 Å². The van der Waals surface area contributed by atoms with Gasteiger partial charge in [-0.2, -0.15) is 0 Å². The summed E-state index contributed by atoms with van der Waals surface area (Å²) < 4.78 is 28.2. The quantitative estimate of drug-likeness (QED) is 0.284. The fourth-order valence-electron chi connectivity index (χ4n) is 5.12. The lowest BCUT2D eigenvalue weighted by atomic mass is 9.76. The van der Waals surface area contributed by atoms with E-state index in [1.165, 1.54) is 34.5 Å². The third kappa shape index (κ3) is 5.19. The van der Waals surface area contributed by atoms with E-state index in [1.807, 2.05) is 43.3 Å². The highest BCUT2D eigenvalue weighted by Gasteiger charge is 2.38. The first-order chi connectivity index (χ1) is 18.7. The van der Waals surface area contributed by atoms with E-state index in [0.29, 0.717) is 28.9 Å². The molecule has 0 unspecified atom stereocenters. The van der Waals surface area contributed by atoms with Crippen molar-refractivity contribution in [2.75, 3.05) is 28.4 Å². The molecule has 8 nitrogen and oxygen atoms in total. The molecule has 0 saturated carbocycles. The number of ether oxygens (including phenoxy) is 5. The second-order valence-electron chi connectivity index (χ2n) is 9.56. The highest BCUT2D eigenvalue weighted by atomic mass is 16.5. The summed E-state index contributed by atoms with van der Waals surface area (Å²) in [5, 5.41) is 22.5. The Morgan fingerprint density at radius 3 is 2.13 bits per heavy atom. The van der Waals surface area contributed by atoms with Crippen LogP contribution in [-0.4, -0.2) is 44.6 Å². The molecule has 0 amide bonds. The molecule has 206 valence electrons. The number of carbonyl (C=O) groups excluding carboxylic acids is 1. The minimum Gasteiger partial charge on any atom is -0.504 e. The van der Waals surface area contributed by atoms with Gasteiger partial charge in [0.2, 0.25) is 11.5 Å². The SMILES string of the molecule is COc1cc2c(c(OC)c1O)-c1c(cc(OC)c(OC)c1O)C[C@@H](C)[C@@H](C)[C@@H]2OC(=O)C=Cc1ccccc1. The molecule has 4 rings (SSSR count).